The van der Waals surface area contributed by atoms with Gasteiger partial charge in [0.2, 0.25) is 0 Å². The zero-order valence-corrected chi connectivity index (χ0v) is 12.7. The first-order valence-corrected chi connectivity index (χ1v) is 7.83. The first-order chi connectivity index (χ1) is 11.2. The lowest BCUT2D eigenvalue weighted by Gasteiger charge is -2.31. The molecule has 1 aliphatic carbocycles. The van der Waals surface area contributed by atoms with Crippen molar-refractivity contribution in [2.24, 2.45) is 0 Å². The maximum absolute atomic E-state index is 10.6. The third-order valence-corrected chi connectivity index (χ3v) is 5.09. The normalized spacial score (nSPS) is 21.6. The standard InChI is InChI=1S/C18H16N2O3/c1-10-12-6-11(2-3-16(12)23-20-10)13-7-19-8-14-15(13)9-22-18(4-5-18)17(14)21/h2-3,6-8,17,21H,4-5,9H2,1H3. The van der Waals surface area contributed by atoms with Gasteiger partial charge in [0, 0.05) is 28.9 Å². The van der Waals surface area contributed by atoms with Crippen LogP contribution in [0.5, 0.6) is 0 Å². The Bertz CT molecular complexity index is 927. The van der Waals surface area contributed by atoms with Gasteiger partial charge < -0.3 is 14.4 Å². The highest BCUT2D eigenvalue weighted by Gasteiger charge is 2.54. The van der Waals surface area contributed by atoms with Crippen molar-refractivity contribution < 1.29 is 14.4 Å². The topological polar surface area (TPSA) is 68.4 Å². The molecule has 1 spiro atoms. The Kier molecular flexibility index (Phi) is 2.53. The summed E-state index contributed by atoms with van der Waals surface area (Å²) in [4.78, 5) is 4.35. The number of aromatic nitrogens is 2. The van der Waals surface area contributed by atoms with E-state index in [0.717, 1.165) is 51.8 Å². The molecule has 1 saturated carbocycles. The second kappa shape index (κ2) is 4.40. The molecule has 5 rings (SSSR count). The Morgan fingerprint density at radius 2 is 2.13 bits per heavy atom. The van der Waals surface area contributed by atoms with E-state index in [-0.39, 0.29) is 5.60 Å². The minimum atomic E-state index is -0.584. The van der Waals surface area contributed by atoms with Crippen molar-refractivity contribution in [2.45, 2.75) is 38.1 Å². The zero-order valence-electron chi connectivity index (χ0n) is 12.7. The Hall–Kier alpha value is -2.24. The SMILES string of the molecule is Cc1noc2ccc(-c3cncc4c3COC3(CC3)C4O)cc12. The van der Waals surface area contributed by atoms with Gasteiger partial charge in [-0.2, -0.15) is 0 Å². The minimum Gasteiger partial charge on any atom is -0.385 e. The number of ether oxygens (including phenoxy) is 1. The summed E-state index contributed by atoms with van der Waals surface area (Å²) in [6, 6.07) is 5.98. The van der Waals surface area contributed by atoms with Gasteiger partial charge in [-0.1, -0.05) is 11.2 Å². The monoisotopic (exact) mass is 308 g/mol. The van der Waals surface area contributed by atoms with Crippen LogP contribution in [0, 0.1) is 6.92 Å². The second-order valence-electron chi connectivity index (χ2n) is 6.49. The first kappa shape index (κ1) is 13.2. The Labute approximate surface area is 132 Å². The van der Waals surface area contributed by atoms with E-state index in [1.165, 1.54) is 0 Å². The molecule has 0 bridgehead atoms. The fraction of sp³-hybridized carbons (Fsp3) is 0.333. The maximum atomic E-state index is 10.6. The van der Waals surface area contributed by atoms with E-state index >= 15 is 0 Å². The van der Waals surface area contributed by atoms with Gasteiger partial charge >= 0.3 is 0 Å². The fourth-order valence-electron chi connectivity index (χ4n) is 3.49. The van der Waals surface area contributed by atoms with Crippen LogP contribution in [0.1, 0.15) is 35.8 Å². The molecule has 0 saturated heterocycles. The van der Waals surface area contributed by atoms with Crippen LogP contribution in [0.2, 0.25) is 0 Å². The Morgan fingerprint density at radius 1 is 1.26 bits per heavy atom. The van der Waals surface area contributed by atoms with E-state index in [1.54, 1.807) is 6.20 Å². The number of pyridine rings is 1. The van der Waals surface area contributed by atoms with Gasteiger partial charge in [0.25, 0.3) is 0 Å². The fourth-order valence-corrected chi connectivity index (χ4v) is 3.49. The van der Waals surface area contributed by atoms with Crippen molar-refractivity contribution in [3.05, 3.63) is 47.4 Å². The lowest BCUT2D eigenvalue weighted by atomic mass is 9.90. The van der Waals surface area contributed by atoms with Crippen LogP contribution in [0.25, 0.3) is 22.1 Å². The quantitative estimate of drug-likeness (QED) is 0.747. The number of benzene rings is 1. The van der Waals surface area contributed by atoms with Gasteiger partial charge in [-0.05, 0) is 43.0 Å². The molecule has 0 radical (unpaired) electrons. The average Bonchev–Trinajstić information content (AvgIpc) is 3.28. The van der Waals surface area contributed by atoms with E-state index in [0.29, 0.717) is 6.61 Å². The largest absolute Gasteiger partial charge is 0.385 e. The molecule has 1 aliphatic heterocycles. The van der Waals surface area contributed by atoms with E-state index in [2.05, 4.69) is 16.2 Å². The summed E-state index contributed by atoms with van der Waals surface area (Å²) in [6.07, 6.45) is 4.87. The van der Waals surface area contributed by atoms with E-state index in [4.69, 9.17) is 9.26 Å². The van der Waals surface area contributed by atoms with E-state index < -0.39 is 6.10 Å². The zero-order chi connectivity index (χ0) is 15.6. The van der Waals surface area contributed by atoms with Crippen molar-refractivity contribution in [3.63, 3.8) is 0 Å². The van der Waals surface area contributed by atoms with Crippen LogP contribution in [0.4, 0.5) is 0 Å². The highest BCUT2D eigenvalue weighted by molar-refractivity contribution is 5.85. The molecule has 0 amide bonds. The van der Waals surface area contributed by atoms with Crippen molar-refractivity contribution in [1.29, 1.82) is 0 Å². The van der Waals surface area contributed by atoms with Crippen LogP contribution in [-0.2, 0) is 11.3 Å². The molecule has 3 aromatic rings. The van der Waals surface area contributed by atoms with Gasteiger partial charge in [-0.3, -0.25) is 4.98 Å². The predicted molar refractivity (Wildman–Crippen MR) is 83.7 cm³/mol. The lowest BCUT2D eigenvalue weighted by Crippen LogP contribution is -2.30. The molecule has 3 heterocycles. The smallest absolute Gasteiger partial charge is 0.167 e. The molecule has 1 atom stereocenters. The summed E-state index contributed by atoms with van der Waals surface area (Å²) in [5, 5.41) is 15.6. The Balaban J connectivity index is 1.68. The van der Waals surface area contributed by atoms with Crippen molar-refractivity contribution in [2.75, 3.05) is 0 Å². The van der Waals surface area contributed by atoms with Crippen LogP contribution in [0.3, 0.4) is 0 Å². The summed E-state index contributed by atoms with van der Waals surface area (Å²) in [6.45, 7) is 2.45. The summed E-state index contributed by atoms with van der Waals surface area (Å²) in [5.41, 5.74) is 5.25. The number of aliphatic hydroxyl groups excluding tert-OH is 1. The highest BCUT2D eigenvalue weighted by atomic mass is 16.5. The maximum Gasteiger partial charge on any atom is 0.167 e. The number of rotatable bonds is 1. The van der Waals surface area contributed by atoms with Crippen molar-refractivity contribution in [3.8, 4) is 11.1 Å². The second-order valence-corrected chi connectivity index (χ2v) is 6.49. The van der Waals surface area contributed by atoms with Crippen molar-refractivity contribution >= 4 is 11.0 Å². The molecule has 1 aromatic carbocycles. The number of hydrogen-bond donors (Lipinski definition) is 1. The van der Waals surface area contributed by atoms with E-state index in [9.17, 15) is 5.11 Å². The molecule has 2 aromatic heterocycles. The minimum absolute atomic E-state index is 0.359. The molecule has 5 nitrogen and oxygen atoms in total. The highest BCUT2D eigenvalue weighted by Crippen LogP contribution is 2.53. The number of hydrogen-bond acceptors (Lipinski definition) is 5. The van der Waals surface area contributed by atoms with Gasteiger partial charge in [0.15, 0.2) is 5.58 Å². The lowest BCUT2D eigenvalue weighted by molar-refractivity contribution is -0.0827. The van der Waals surface area contributed by atoms with Gasteiger partial charge in [0.1, 0.15) is 6.10 Å². The molecule has 5 heteroatoms. The molecule has 1 N–H and O–H groups in total. The summed E-state index contributed by atoms with van der Waals surface area (Å²) in [7, 11) is 0. The van der Waals surface area contributed by atoms with Crippen LogP contribution in [-0.4, -0.2) is 20.8 Å². The molecule has 116 valence electrons. The summed E-state index contributed by atoms with van der Waals surface area (Å²) in [5.74, 6) is 0. The first-order valence-electron chi connectivity index (χ1n) is 7.83. The van der Waals surface area contributed by atoms with Gasteiger partial charge in [-0.15, -0.1) is 0 Å². The number of aryl methyl sites for hydroxylation is 1. The molecule has 1 fully saturated rings. The third kappa shape index (κ3) is 1.81. The molecule has 2 aliphatic rings. The number of aliphatic hydroxyl groups is 1. The molecule has 23 heavy (non-hydrogen) atoms. The van der Waals surface area contributed by atoms with Gasteiger partial charge in [-0.25, -0.2) is 0 Å². The molecule has 1 unspecified atom stereocenters. The predicted octanol–water partition coefficient (Wildman–Crippen LogP) is 3.29. The van der Waals surface area contributed by atoms with Crippen LogP contribution in [0.15, 0.2) is 35.1 Å². The van der Waals surface area contributed by atoms with Crippen LogP contribution >= 0.6 is 0 Å². The summed E-state index contributed by atoms with van der Waals surface area (Å²) < 4.78 is 11.2. The van der Waals surface area contributed by atoms with Crippen LogP contribution < -0.4 is 0 Å². The number of fused-ring (bicyclic) bond motifs is 2. The summed E-state index contributed by atoms with van der Waals surface area (Å²) >= 11 is 0. The molecular weight excluding hydrogens is 292 g/mol. The van der Waals surface area contributed by atoms with Gasteiger partial charge in [0.05, 0.1) is 17.9 Å². The Morgan fingerprint density at radius 3 is 2.96 bits per heavy atom. The molecular formula is C18H16N2O3. The third-order valence-electron chi connectivity index (χ3n) is 5.09. The van der Waals surface area contributed by atoms with E-state index in [1.807, 2.05) is 25.3 Å². The number of nitrogens with zero attached hydrogens (tertiary/aromatic N) is 2. The average molecular weight is 308 g/mol. The van der Waals surface area contributed by atoms with Crippen molar-refractivity contribution in [1.82, 2.24) is 10.1 Å².